The van der Waals surface area contributed by atoms with Crippen molar-refractivity contribution in [3.05, 3.63) is 77.7 Å². The highest BCUT2D eigenvalue weighted by Crippen LogP contribution is 2.26. The second kappa shape index (κ2) is 5.55. The molecule has 1 aromatic rings. The predicted octanol–water partition coefficient (Wildman–Crippen LogP) is 4.03. The number of allylic oxidation sites excluding steroid dienone is 4. The van der Waals surface area contributed by atoms with Crippen molar-refractivity contribution in [2.45, 2.75) is 6.42 Å². The van der Waals surface area contributed by atoms with Gasteiger partial charge in [0, 0.05) is 11.5 Å². The Morgan fingerprint density at radius 3 is 1.84 bits per heavy atom. The van der Waals surface area contributed by atoms with Gasteiger partial charge in [0.2, 0.25) is 5.82 Å². The van der Waals surface area contributed by atoms with Crippen LogP contribution < -0.4 is 0 Å². The van der Waals surface area contributed by atoms with Gasteiger partial charge < -0.3 is 0 Å². The Hall–Kier alpha value is -1.65. The quantitative estimate of drug-likeness (QED) is 0.442. The predicted molar refractivity (Wildman–Crippen MR) is 60.1 cm³/mol. The molecule has 0 N–H and O–H groups in total. The maximum atomic E-state index is 13.4. The SMILES string of the molecule is Fc1c(F)c(F)c(C[CH][C]2[CH]C=CC=C2)c(F)c1F. The van der Waals surface area contributed by atoms with E-state index in [0.717, 1.165) is 0 Å². The Bertz CT molecular complexity index is 516. The summed E-state index contributed by atoms with van der Waals surface area (Å²) in [4.78, 5) is 0. The van der Waals surface area contributed by atoms with Gasteiger partial charge in [0.15, 0.2) is 23.3 Å². The summed E-state index contributed by atoms with van der Waals surface area (Å²) in [6.07, 6.45) is 9.47. The molecule has 0 spiro atoms. The van der Waals surface area contributed by atoms with Crippen LogP contribution in [0.3, 0.4) is 0 Å². The van der Waals surface area contributed by atoms with E-state index >= 15 is 0 Å². The van der Waals surface area contributed by atoms with Gasteiger partial charge in [-0.2, -0.15) is 0 Å². The lowest BCUT2D eigenvalue weighted by atomic mass is 9.93. The number of rotatable bonds is 3. The van der Waals surface area contributed by atoms with E-state index in [0.29, 0.717) is 5.92 Å². The summed E-state index contributed by atoms with van der Waals surface area (Å²) in [5.41, 5.74) is -0.833. The molecule has 19 heavy (non-hydrogen) atoms. The number of benzene rings is 1. The highest BCUT2D eigenvalue weighted by atomic mass is 19.2. The standard InChI is InChI=1S/C14H8F5/c15-10-9(7-6-8-4-2-1-3-5-8)11(16)13(18)14(19)12(10)17/h1-6H,7H2. The maximum absolute atomic E-state index is 13.4. The summed E-state index contributed by atoms with van der Waals surface area (Å²) < 4.78 is 65.5. The van der Waals surface area contributed by atoms with Gasteiger partial charge in [0.05, 0.1) is 0 Å². The average Bonchev–Trinajstić information content (AvgIpc) is 2.44. The van der Waals surface area contributed by atoms with Crippen LogP contribution in [-0.4, -0.2) is 0 Å². The molecule has 0 saturated heterocycles. The third kappa shape index (κ3) is 2.69. The van der Waals surface area contributed by atoms with Gasteiger partial charge in [-0.1, -0.05) is 24.3 Å². The van der Waals surface area contributed by atoms with Crippen molar-refractivity contribution in [3.63, 3.8) is 0 Å². The molecule has 5 heteroatoms. The minimum atomic E-state index is -2.14. The summed E-state index contributed by atoms with van der Waals surface area (Å²) in [6.45, 7) is 0. The Morgan fingerprint density at radius 1 is 0.737 bits per heavy atom. The smallest absolute Gasteiger partial charge is 0.200 e. The van der Waals surface area contributed by atoms with Crippen LogP contribution in [0.1, 0.15) is 5.56 Å². The van der Waals surface area contributed by atoms with E-state index in [2.05, 4.69) is 0 Å². The Balaban J connectivity index is 2.20. The first kappa shape index (κ1) is 13.8. The summed E-state index contributed by atoms with van der Waals surface area (Å²) in [5, 5.41) is 0. The van der Waals surface area contributed by atoms with Gasteiger partial charge in [-0.05, 0) is 19.3 Å². The van der Waals surface area contributed by atoms with Gasteiger partial charge in [0.1, 0.15) is 0 Å². The monoisotopic (exact) mass is 271 g/mol. The molecule has 1 aliphatic carbocycles. The number of hydrogen-bond donors (Lipinski definition) is 0. The van der Waals surface area contributed by atoms with Crippen LogP contribution in [0.4, 0.5) is 22.0 Å². The fraction of sp³-hybridized carbons (Fsp3) is 0.0714. The molecule has 0 aromatic heterocycles. The molecule has 1 aliphatic rings. The van der Waals surface area contributed by atoms with Crippen molar-refractivity contribution in [1.82, 2.24) is 0 Å². The van der Waals surface area contributed by atoms with Gasteiger partial charge in [-0.25, -0.2) is 22.0 Å². The molecule has 0 bridgehead atoms. The molecule has 99 valence electrons. The summed E-state index contributed by atoms with van der Waals surface area (Å²) in [7, 11) is 0. The molecule has 2 rings (SSSR count). The van der Waals surface area contributed by atoms with E-state index < -0.39 is 34.6 Å². The van der Waals surface area contributed by atoms with Gasteiger partial charge in [-0.3, -0.25) is 0 Å². The maximum Gasteiger partial charge on any atom is 0.200 e. The van der Waals surface area contributed by atoms with Crippen LogP contribution in [-0.2, 0) is 6.42 Å². The topological polar surface area (TPSA) is 0 Å². The Morgan fingerprint density at radius 2 is 1.32 bits per heavy atom. The van der Waals surface area contributed by atoms with E-state index in [-0.39, 0.29) is 6.42 Å². The van der Waals surface area contributed by atoms with Crippen LogP contribution in [0.2, 0.25) is 0 Å². The fourth-order valence-electron chi connectivity index (χ4n) is 1.64. The number of halogens is 5. The molecule has 0 heterocycles. The van der Waals surface area contributed by atoms with Gasteiger partial charge in [-0.15, -0.1) is 0 Å². The third-order valence-corrected chi connectivity index (χ3v) is 2.64. The molecule has 0 unspecified atom stereocenters. The average molecular weight is 271 g/mol. The summed E-state index contributed by atoms with van der Waals surface area (Å²) >= 11 is 0. The highest BCUT2D eigenvalue weighted by molar-refractivity contribution is 5.39. The molecular weight excluding hydrogens is 263 g/mol. The molecule has 0 saturated carbocycles. The molecule has 0 aliphatic heterocycles. The van der Waals surface area contributed by atoms with Crippen molar-refractivity contribution < 1.29 is 22.0 Å². The van der Waals surface area contributed by atoms with Crippen molar-refractivity contribution in [1.29, 1.82) is 0 Å². The summed E-state index contributed by atoms with van der Waals surface area (Å²) in [6, 6.07) is 0. The first-order chi connectivity index (χ1) is 9.02. The molecule has 0 nitrogen and oxygen atoms in total. The van der Waals surface area contributed by atoms with Crippen molar-refractivity contribution in [2.75, 3.05) is 0 Å². The molecule has 0 fully saturated rings. The van der Waals surface area contributed by atoms with Crippen LogP contribution in [0, 0.1) is 47.8 Å². The van der Waals surface area contributed by atoms with Crippen molar-refractivity contribution in [3.8, 4) is 0 Å². The van der Waals surface area contributed by atoms with E-state index in [1.807, 2.05) is 0 Å². The molecule has 0 amide bonds. The minimum absolute atomic E-state index is 0.379. The van der Waals surface area contributed by atoms with E-state index in [4.69, 9.17) is 0 Å². The Labute approximate surface area is 107 Å². The highest BCUT2D eigenvalue weighted by Gasteiger charge is 2.25. The lowest BCUT2D eigenvalue weighted by molar-refractivity contribution is 0.371. The largest absolute Gasteiger partial charge is 0.203 e. The van der Waals surface area contributed by atoms with Gasteiger partial charge >= 0.3 is 0 Å². The molecule has 3 radical (unpaired) electrons. The fourth-order valence-corrected chi connectivity index (χ4v) is 1.64. The van der Waals surface area contributed by atoms with Crippen molar-refractivity contribution in [2.24, 2.45) is 0 Å². The lowest BCUT2D eigenvalue weighted by Crippen LogP contribution is -2.09. The van der Waals surface area contributed by atoms with Crippen LogP contribution in [0.15, 0.2) is 24.3 Å². The zero-order valence-corrected chi connectivity index (χ0v) is 9.56. The molecular formula is C14H8F5. The van der Waals surface area contributed by atoms with E-state index in [9.17, 15) is 22.0 Å². The first-order valence-electron chi connectivity index (χ1n) is 5.41. The number of hydrogen-bond acceptors (Lipinski definition) is 0. The van der Waals surface area contributed by atoms with E-state index in [1.165, 1.54) is 6.42 Å². The van der Waals surface area contributed by atoms with Crippen LogP contribution in [0.5, 0.6) is 0 Å². The zero-order valence-electron chi connectivity index (χ0n) is 9.56. The molecule has 0 atom stereocenters. The van der Waals surface area contributed by atoms with Crippen LogP contribution in [0.25, 0.3) is 0 Å². The lowest BCUT2D eigenvalue weighted by Gasteiger charge is -2.13. The van der Waals surface area contributed by atoms with Crippen molar-refractivity contribution >= 4 is 0 Å². The molecule has 1 aromatic carbocycles. The normalized spacial score (nSPS) is 15.2. The second-order valence-corrected chi connectivity index (χ2v) is 3.87. The Kier molecular flexibility index (Phi) is 4.02. The zero-order chi connectivity index (χ0) is 14.0. The van der Waals surface area contributed by atoms with Crippen LogP contribution >= 0.6 is 0 Å². The first-order valence-corrected chi connectivity index (χ1v) is 5.41. The van der Waals surface area contributed by atoms with Gasteiger partial charge in [0.25, 0.3) is 0 Å². The minimum Gasteiger partial charge on any atom is -0.203 e. The van der Waals surface area contributed by atoms with E-state index in [1.54, 1.807) is 30.7 Å². The third-order valence-electron chi connectivity index (χ3n) is 2.64. The second-order valence-electron chi connectivity index (χ2n) is 3.87. The summed E-state index contributed by atoms with van der Waals surface area (Å²) in [5.74, 6) is -8.93.